The number of rotatable bonds is 4. The molecule has 2 aromatic rings. The molecule has 1 atom stereocenters. The molecule has 0 N–H and O–H groups in total. The fourth-order valence-corrected chi connectivity index (χ4v) is 2.06. The van der Waals surface area contributed by atoms with Crippen LogP contribution in [0, 0.1) is 10.1 Å². The molecule has 0 fully saturated rings. The molecule has 7 heteroatoms. The summed E-state index contributed by atoms with van der Waals surface area (Å²) in [6, 6.07) is 12.1. The Morgan fingerprint density at radius 1 is 1.12 bits per heavy atom. The van der Waals surface area contributed by atoms with Crippen molar-refractivity contribution in [3.63, 3.8) is 0 Å². The van der Waals surface area contributed by atoms with Gasteiger partial charge in [-0.05, 0) is 25.1 Å². The van der Waals surface area contributed by atoms with Crippen LogP contribution >= 0.6 is 11.6 Å². The molecule has 2 aromatic carbocycles. The van der Waals surface area contributed by atoms with E-state index in [0.29, 0.717) is 10.6 Å². The van der Waals surface area contributed by atoms with Gasteiger partial charge < -0.3 is 9.47 Å². The summed E-state index contributed by atoms with van der Waals surface area (Å²) in [6.07, 6.45) is -1.50. The van der Waals surface area contributed by atoms with Crippen LogP contribution in [-0.2, 0) is 4.74 Å². The third-order valence-electron chi connectivity index (χ3n) is 2.86. The first-order chi connectivity index (χ1) is 11.5. The number of nitro groups is 1. The summed E-state index contributed by atoms with van der Waals surface area (Å²) in [7, 11) is 0. The topological polar surface area (TPSA) is 78.7 Å². The Balaban J connectivity index is 0.00000139. The molecule has 0 aliphatic rings. The molecular formula is C17H18ClNO5. The van der Waals surface area contributed by atoms with Gasteiger partial charge in [0.2, 0.25) is 0 Å². The van der Waals surface area contributed by atoms with Crippen LogP contribution in [0.2, 0.25) is 5.02 Å². The van der Waals surface area contributed by atoms with Gasteiger partial charge in [-0.15, -0.1) is 0 Å². The van der Waals surface area contributed by atoms with Gasteiger partial charge in [-0.3, -0.25) is 10.1 Å². The number of hydrogen-bond donors (Lipinski definition) is 0. The van der Waals surface area contributed by atoms with Crippen LogP contribution in [0.3, 0.4) is 0 Å². The number of halogens is 1. The number of nitrogens with zero attached hydrogens (tertiary/aromatic N) is 1. The Labute approximate surface area is 145 Å². The molecule has 0 amide bonds. The molecular weight excluding hydrogens is 334 g/mol. The maximum Gasteiger partial charge on any atom is 0.514 e. The van der Waals surface area contributed by atoms with E-state index in [2.05, 4.69) is 0 Å². The van der Waals surface area contributed by atoms with Gasteiger partial charge in [0.1, 0.15) is 11.9 Å². The molecule has 128 valence electrons. The molecule has 0 spiro atoms. The highest BCUT2D eigenvalue weighted by Crippen LogP contribution is 2.26. The lowest BCUT2D eigenvalue weighted by Gasteiger charge is -2.14. The predicted octanol–water partition coefficient (Wildman–Crippen LogP) is 5.55. The molecule has 0 heterocycles. The molecule has 6 nitrogen and oxygen atoms in total. The maximum atomic E-state index is 11.7. The van der Waals surface area contributed by atoms with Gasteiger partial charge in [-0.25, -0.2) is 4.79 Å². The Morgan fingerprint density at radius 2 is 1.71 bits per heavy atom. The molecule has 0 aliphatic heterocycles. The number of ether oxygens (including phenoxy) is 2. The van der Waals surface area contributed by atoms with Crippen LogP contribution in [-0.4, -0.2) is 11.1 Å². The summed E-state index contributed by atoms with van der Waals surface area (Å²) < 4.78 is 10.1. The van der Waals surface area contributed by atoms with E-state index in [0.717, 1.165) is 0 Å². The molecule has 0 aliphatic carbocycles. The first kappa shape index (κ1) is 19.4. The van der Waals surface area contributed by atoms with Gasteiger partial charge in [-0.2, -0.15) is 0 Å². The van der Waals surface area contributed by atoms with E-state index in [1.54, 1.807) is 31.2 Å². The van der Waals surface area contributed by atoms with Crippen LogP contribution in [0.4, 0.5) is 10.5 Å². The van der Waals surface area contributed by atoms with Crippen molar-refractivity contribution in [3.8, 4) is 5.75 Å². The van der Waals surface area contributed by atoms with E-state index in [1.165, 1.54) is 24.3 Å². The van der Waals surface area contributed by atoms with Crippen molar-refractivity contribution in [1.82, 2.24) is 0 Å². The number of benzene rings is 2. The van der Waals surface area contributed by atoms with Crippen molar-refractivity contribution in [2.24, 2.45) is 0 Å². The summed E-state index contributed by atoms with van der Waals surface area (Å²) in [6.45, 7) is 5.66. The highest BCUT2D eigenvalue weighted by molar-refractivity contribution is 6.31. The van der Waals surface area contributed by atoms with Gasteiger partial charge in [0.25, 0.3) is 5.69 Å². The van der Waals surface area contributed by atoms with Gasteiger partial charge in [0, 0.05) is 22.7 Å². The number of nitro benzene ring substituents is 1. The Bertz CT molecular complexity index is 688. The molecule has 0 saturated heterocycles. The zero-order chi connectivity index (χ0) is 18.1. The number of non-ortho nitro benzene ring substituents is 1. The van der Waals surface area contributed by atoms with Gasteiger partial charge in [0.05, 0.1) is 4.92 Å². The van der Waals surface area contributed by atoms with E-state index in [9.17, 15) is 14.9 Å². The van der Waals surface area contributed by atoms with Crippen molar-refractivity contribution in [2.75, 3.05) is 0 Å². The average molecular weight is 352 g/mol. The lowest BCUT2D eigenvalue weighted by Crippen LogP contribution is -2.13. The lowest BCUT2D eigenvalue weighted by atomic mass is 10.1. The first-order valence-electron chi connectivity index (χ1n) is 7.34. The predicted molar refractivity (Wildman–Crippen MR) is 91.4 cm³/mol. The van der Waals surface area contributed by atoms with Gasteiger partial charge in [-0.1, -0.05) is 43.6 Å². The highest BCUT2D eigenvalue weighted by Gasteiger charge is 2.16. The van der Waals surface area contributed by atoms with Crippen LogP contribution in [0.1, 0.15) is 32.4 Å². The quantitative estimate of drug-likeness (QED) is 0.312. The van der Waals surface area contributed by atoms with E-state index < -0.39 is 17.2 Å². The normalized spacial score (nSPS) is 10.8. The smallest absolute Gasteiger partial charge is 0.426 e. The molecule has 0 saturated carbocycles. The summed E-state index contributed by atoms with van der Waals surface area (Å²) in [5, 5.41) is 11.0. The molecule has 1 unspecified atom stereocenters. The van der Waals surface area contributed by atoms with Crippen LogP contribution in [0.25, 0.3) is 0 Å². The van der Waals surface area contributed by atoms with Crippen molar-refractivity contribution in [2.45, 2.75) is 26.9 Å². The number of hydrogen-bond acceptors (Lipinski definition) is 5. The van der Waals surface area contributed by atoms with Crippen LogP contribution < -0.4 is 4.74 Å². The van der Waals surface area contributed by atoms with Gasteiger partial charge in [0.15, 0.2) is 0 Å². The molecule has 0 bridgehead atoms. The molecule has 2 rings (SSSR count). The molecule has 0 aromatic heterocycles. The van der Waals surface area contributed by atoms with Crippen molar-refractivity contribution in [1.29, 1.82) is 0 Å². The highest BCUT2D eigenvalue weighted by atomic mass is 35.5. The maximum absolute atomic E-state index is 11.7. The van der Waals surface area contributed by atoms with E-state index in [4.69, 9.17) is 21.1 Å². The molecule has 0 radical (unpaired) electrons. The largest absolute Gasteiger partial charge is 0.514 e. The second-order valence-corrected chi connectivity index (χ2v) is 4.79. The number of carbonyl (C=O) groups is 1. The summed E-state index contributed by atoms with van der Waals surface area (Å²) >= 11 is 6.01. The Kier molecular flexibility index (Phi) is 7.71. The minimum absolute atomic E-state index is 0.0925. The minimum Gasteiger partial charge on any atom is -0.426 e. The third kappa shape index (κ3) is 5.55. The zero-order valence-electron chi connectivity index (χ0n) is 13.6. The van der Waals surface area contributed by atoms with Gasteiger partial charge >= 0.3 is 6.16 Å². The van der Waals surface area contributed by atoms with Crippen molar-refractivity contribution >= 4 is 23.4 Å². The Hall–Kier alpha value is -2.60. The lowest BCUT2D eigenvalue weighted by molar-refractivity contribution is -0.384. The third-order valence-corrected chi connectivity index (χ3v) is 3.21. The average Bonchev–Trinajstić information content (AvgIpc) is 2.57. The molecule has 24 heavy (non-hydrogen) atoms. The van der Waals surface area contributed by atoms with Crippen LogP contribution in [0.15, 0.2) is 48.5 Å². The monoisotopic (exact) mass is 351 g/mol. The number of carbonyl (C=O) groups excluding carboxylic acids is 1. The first-order valence-corrected chi connectivity index (χ1v) is 7.72. The fraction of sp³-hybridized carbons (Fsp3) is 0.235. The van der Waals surface area contributed by atoms with E-state index in [-0.39, 0.29) is 11.4 Å². The summed E-state index contributed by atoms with van der Waals surface area (Å²) in [5.74, 6) is 0.155. The van der Waals surface area contributed by atoms with Crippen LogP contribution in [0.5, 0.6) is 5.75 Å². The fourth-order valence-electron chi connectivity index (χ4n) is 1.77. The van der Waals surface area contributed by atoms with Crippen molar-refractivity contribution in [3.05, 3.63) is 69.2 Å². The van der Waals surface area contributed by atoms with Crippen molar-refractivity contribution < 1.29 is 19.2 Å². The summed E-state index contributed by atoms with van der Waals surface area (Å²) in [5.41, 5.74) is 0.565. The van der Waals surface area contributed by atoms with E-state index >= 15 is 0 Å². The second-order valence-electron chi connectivity index (χ2n) is 4.38. The second kappa shape index (κ2) is 9.52. The summed E-state index contributed by atoms with van der Waals surface area (Å²) in [4.78, 5) is 21.7. The SMILES string of the molecule is CC.CC(OC(=O)Oc1ccc([N+](=O)[O-])cc1)c1ccccc1Cl. The Morgan fingerprint density at radius 3 is 2.25 bits per heavy atom. The minimum atomic E-state index is -0.915. The van der Waals surface area contributed by atoms with E-state index in [1.807, 2.05) is 13.8 Å². The standard InChI is InChI=1S/C15H12ClNO5.C2H6/c1-10(13-4-2-3-5-14(13)16)21-15(18)22-12-8-6-11(7-9-12)17(19)20;1-2/h2-10H,1H3;1-2H3. The zero-order valence-corrected chi connectivity index (χ0v) is 14.3.